The number of halogens is 2. The molecule has 7 nitrogen and oxygen atoms in total. The number of hydrogen-bond acceptors (Lipinski definition) is 5. The maximum atomic E-state index is 13.2. The van der Waals surface area contributed by atoms with Crippen molar-refractivity contribution >= 4 is 29.9 Å². The molecule has 0 saturated carbocycles. The van der Waals surface area contributed by atoms with Crippen LogP contribution in [0.25, 0.3) is 0 Å². The van der Waals surface area contributed by atoms with Crippen LogP contribution in [0.4, 0.5) is 4.39 Å². The van der Waals surface area contributed by atoms with Crippen molar-refractivity contribution in [1.29, 1.82) is 0 Å². The zero-order valence-corrected chi connectivity index (χ0v) is 20.1. The fourth-order valence-electron chi connectivity index (χ4n) is 2.59. The summed E-state index contributed by atoms with van der Waals surface area (Å²) in [7, 11) is 5.55. The van der Waals surface area contributed by atoms with Gasteiger partial charge in [-0.1, -0.05) is 12.1 Å². The van der Waals surface area contributed by atoms with Crippen LogP contribution in [0.5, 0.6) is 11.6 Å². The summed E-state index contributed by atoms with van der Waals surface area (Å²) in [6.45, 7) is 4.06. The second-order valence-electron chi connectivity index (χ2n) is 6.57. The maximum absolute atomic E-state index is 13.2. The fourth-order valence-corrected chi connectivity index (χ4v) is 2.59. The summed E-state index contributed by atoms with van der Waals surface area (Å²) < 4.78 is 23.8. The van der Waals surface area contributed by atoms with Crippen LogP contribution in [0.1, 0.15) is 12.0 Å². The van der Waals surface area contributed by atoms with Crippen molar-refractivity contribution in [2.45, 2.75) is 13.0 Å². The highest BCUT2D eigenvalue weighted by molar-refractivity contribution is 14.0. The molecule has 1 aromatic carbocycles. The average Bonchev–Trinajstić information content (AvgIpc) is 2.72. The van der Waals surface area contributed by atoms with Crippen molar-refractivity contribution in [3.05, 3.63) is 54.0 Å². The van der Waals surface area contributed by atoms with Crippen LogP contribution in [-0.4, -0.2) is 63.3 Å². The molecular formula is C21H31FIN5O2. The normalized spacial score (nSPS) is 11.2. The van der Waals surface area contributed by atoms with Crippen LogP contribution >= 0.6 is 24.0 Å². The van der Waals surface area contributed by atoms with E-state index in [0.29, 0.717) is 18.2 Å². The Morgan fingerprint density at radius 2 is 2.03 bits per heavy atom. The average molecular weight is 531 g/mol. The second-order valence-corrected chi connectivity index (χ2v) is 6.57. The number of rotatable bonds is 11. The minimum absolute atomic E-state index is 0. The fraction of sp³-hybridized carbons (Fsp3) is 0.429. The number of nitrogens with one attached hydrogen (secondary N) is 2. The van der Waals surface area contributed by atoms with E-state index in [-0.39, 0.29) is 29.8 Å². The molecule has 2 aromatic rings. The Morgan fingerprint density at radius 1 is 1.20 bits per heavy atom. The van der Waals surface area contributed by atoms with Crippen molar-refractivity contribution in [2.75, 3.05) is 47.4 Å². The molecule has 0 aliphatic carbocycles. The molecule has 1 heterocycles. The topological polar surface area (TPSA) is 71.0 Å². The summed E-state index contributed by atoms with van der Waals surface area (Å²) >= 11 is 0. The van der Waals surface area contributed by atoms with Gasteiger partial charge in [0.25, 0.3) is 0 Å². The summed E-state index contributed by atoms with van der Waals surface area (Å²) in [4.78, 5) is 10.7. The Labute approximate surface area is 195 Å². The van der Waals surface area contributed by atoms with Gasteiger partial charge in [0.2, 0.25) is 5.88 Å². The predicted molar refractivity (Wildman–Crippen MR) is 128 cm³/mol. The van der Waals surface area contributed by atoms with Crippen molar-refractivity contribution in [3.8, 4) is 11.6 Å². The lowest BCUT2D eigenvalue weighted by Gasteiger charge is -2.18. The number of nitrogens with zero attached hydrogens (tertiary/aromatic N) is 3. The largest absolute Gasteiger partial charge is 0.439 e. The number of pyridine rings is 1. The number of aliphatic imine (C=N–C) groups is 1. The first-order valence-electron chi connectivity index (χ1n) is 9.61. The lowest BCUT2D eigenvalue weighted by Crippen LogP contribution is -2.40. The quantitative estimate of drug-likeness (QED) is 0.201. The van der Waals surface area contributed by atoms with Gasteiger partial charge in [-0.15, -0.1) is 24.0 Å². The van der Waals surface area contributed by atoms with Crippen LogP contribution in [0.15, 0.2) is 47.6 Å². The third-order valence-corrected chi connectivity index (χ3v) is 4.17. The van der Waals surface area contributed by atoms with Gasteiger partial charge in [-0.25, -0.2) is 9.37 Å². The van der Waals surface area contributed by atoms with Gasteiger partial charge < -0.3 is 25.0 Å². The lowest BCUT2D eigenvalue weighted by atomic mass is 10.3. The van der Waals surface area contributed by atoms with Gasteiger partial charge in [0.1, 0.15) is 11.6 Å². The standard InChI is InChI=1S/C21H30FN5O2.HI/c1-23-21(24-10-12-27(2)11-5-13-28-3)26-16-17-8-9-20(25-15-17)29-19-7-4-6-18(22)14-19;/h4,6-9,14-15H,5,10-13,16H2,1-3H3,(H2,23,24,26);1H. The van der Waals surface area contributed by atoms with Crippen molar-refractivity contribution in [1.82, 2.24) is 20.5 Å². The van der Waals surface area contributed by atoms with Crippen LogP contribution in [0.3, 0.4) is 0 Å². The maximum Gasteiger partial charge on any atom is 0.219 e. The molecule has 9 heteroatoms. The zero-order chi connectivity index (χ0) is 20.9. The lowest BCUT2D eigenvalue weighted by molar-refractivity contribution is 0.180. The Hall–Kier alpha value is -1.98. The van der Waals surface area contributed by atoms with E-state index in [2.05, 4.69) is 32.6 Å². The SMILES string of the molecule is CN=C(NCCN(C)CCCOC)NCc1ccc(Oc2cccc(F)c2)nc1.I. The third-order valence-electron chi connectivity index (χ3n) is 4.17. The van der Waals surface area contributed by atoms with E-state index >= 15 is 0 Å². The highest BCUT2D eigenvalue weighted by Crippen LogP contribution is 2.19. The molecule has 0 radical (unpaired) electrons. The molecule has 0 aliphatic rings. The number of ether oxygens (including phenoxy) is 2. The third kappa shape index (κ3) is 10.2. The number of benzene rings is 1. The van der Waals surface area contributed by atoms with Crippen LogP contribution in [0, 0.1) is 5.82 Å². The Morgan fingerprint density at radius 3 is 2.70 bits per heavy atom. The van der Waals surface area contributed by atoms with Gasteiger partial charge >= 0.3 is 0 Å². The monoisotopic (exact) mass is 531 g/mol. The van der Waals surface area contributed by atoms with E-state index in [1.807, 2.05) is 6.07 Å². The van der Waals surface area contributed by atoms with Crippen LogP contribution in [-0.2, 0) is 11.3 Å². The minimum Gasteiger partial charge on any atom is -0.439 e. The first-order chi connectivity index (χ1) is 14.1. The van der Waals surface area contributed by atoms with E-state index in [9.17, 15) is 4.39 Å². The first kappa shape index (κ1) is 26.1. The van der Waals surface area contributed by atoms with Gasteiger partial charge in [0, 0.05) is 65.3 Å². The Balaban J connectivity index is 0.00000450. The van der Waals surface area contributed by atoms with Gasteiger partial charge in [-0.3, -0.25) is 4.99 Å². The number of guanidine groups is 1. The van der Waals surface area contributed by atoms with Gasteiger partial charge in [-0.2, -0.15) is 0 Å². The molecule has 0 unspecified atom stereocenters. The first-order valence-corrected chi connectivity index (χ1v) is 9.61. The molecule has 0 bridgehead atoms. The summed E-state index contributed by atoms with van der Waals surface area (Å²) in [5, 5.41) is 6.55. The van der Waals surface area contributed by atoms with E-state index in [1.165, 1.54) is 12.1 Å². The summed E-state index contributed by atoms with van der Waals surface area (Å²) in [5.74, 6) is 1.22. The predicted octanol–water partition coefficient (Wildman–Crippen LogP) is 3.26. The zero-order valence-electron chi connectivity index (χ0n) is 17.7. The minimum atomic E-state index is -0.344. The van der Waals surface area contributed by atoms with E-state index in [1.54, 1.807) is 38.6 Å². The summed E-state index contributed by atoms with van der Waals surface area (Å²) in [6.07, 6.45) is 2.74. The highest BCUT2D eigenvalue weighted by atomic mass is 127. The molecule has 0 saturated heterocycles. The van der Waals surface area contributed by atoms with Crippen molar-refractivity contribution < 1.29 is 13.9 Å². The molecule has 2 rings (SSSR count). The molecule has 0 aliphatic heterocycles. The van der Waals surface area contributed by atoms with Gasteiger partial charge in [-0.05, 0) is 31.2 Å². The highest BCUT2D eigenvalue weighted by Gasteiger charge is 2.03. The number of hydrogen-bond donors (Lipinski definition) is 2. The molecule has 0 atom stereocenters. The number of methoxy groups -OCH3 is 1. The van der Waals surface area contributed by atoms with E-state index in [4.69, 9.17) is 9.47 Å². The molecular weight excluding hydrogens is 500 g/mol. The molecule has 1 aromatic heterocycles. The molecule has 0 amide bonds. The molecule has 0 spiro atoms. The molecule has 166 valence electrons. The van der Waals surface area contributed by atoms with Gasteiger partial charge in [0.05, 0.1) is 0 Å². The number of likely N-dealkylation sites (N-methyl/N-ethyl adjacent to an activating group) is 1. The van der Waals surface area contributed by atoms with Gasteiger partial charge in [0.15, 0.2) is 5.96 Å². The Kier molecular flexibility index (Phi) is 13.0. The van der Waals surface area contributed by atoms with E-state index < -0.39 is 0 Å². The van der Waals surface area contributed by atoms with Crippen LogP contribution in [0.2, 0.25) is 0 Å². The summed E-state index contributed by atoms with van der Waals surface area (Å²) in [5.41, 5.74) is 0.983. The Bertz CT molecular complexity index is 761. The van der Waals surface area contributed by atoms with Crippen molar-refractivity contribution in [3.63, 3.8) is 0 Å². The van der Waals surface area contributed by atoms with Crippen molar-refractivity contribution in [2.24, 2.45) is 4.99 Å². The smallest absolute Gasteiger partial charge is 0.219 e. The summed E-state index contributed by atoms with van der Waals surface area (Å²) in [6, 6.07) is 9.64. The molecule has 30 heavy (non-hydrogen) atoms. The number of aromatic nitrogens is 1. The molecule has 2 N–H and O–H groups in total. The second kappa shape index (κ2) is 14.9. The van der Waals surface area contributed by atoms with Crippen LogP contribution < -0.4 is 15.4 Å². The molecule has 0 fully saturated rings. The van der Waals surface area contributed by atoms with E-state index in [0.717, 1.165) is 44.2 Å².